The summed E-state index contributed by atoms with van der Waals surface area (Å²) in [5.41, 5.74) is 0.402. The fourth-order valence-electron chi connectivity index (χ4n) is 3.64. The van der Waals surface area contributed by atoms with Crippen LogP contribution in [0, 0.1) is 0 Å². The number of hydrogen-bond acceptors (Lipinski definition) is 8. The molecule has 200 valence electrons. The number of ketones is 1. The highest BCUT2D eigenvalue weighted by atomic mass is 35.5. The number of nitrogens with one attached hydrogen (secondary N) is 1. The molecule has 11 nitrogen and oxygen atoms in total. The van der Waals surface area contributed by atoms with Gasteiger partial charge >= 0.3 is 11.9 Å². The molecule has 4 aromatic rings. The van der Waals surface area contributed by atoms with Crippen molar-refractivity contribution in [2.24, 2.45) is 0 Å². The minimum Gasteiger partial charge on any atom is -0.382 e. The average Bonchev–Trinajstić information content (AvgIpc) is 3.45. The Morgan fingerprint density at radius 1 is 1.16 bits per heavy atom. The molecule has 3 aromatic heterocycles. The summed E-state index contributed by atoms with van der Waals surface area (Å²) in [5.74, 6) is -0.0419. The number of benzene rings is 1. The highest BCUT2D eigenvalue weighted by molar-refractivity contribution is 6.30. The number of aliphatic hydroxyl groups is 1. The SMILES string of the molecule is CNCC(=O)Cc1ncccc1-n1cnc(Cn2nc(-c3ccc(Cl)cc3)n(C[C@H](O)C(F)(F)F)c2=O)n1. The minimum atomic E-state index is -4.94. The molecule has 0 spiro atoms. The highest BCUT2D eigenvalue weighted by Crippen LogP contribution is 2.24. The standard InChI is InChI=1S/C23H22ClF3N8O3/c1-28-10-16(36)9-17-18(3-2-8-29-17)35-13-30-20(31-35)12-34-22(38)33(11-19(37)23(25,26)27)21(32-34)14-4-6-15(24)7-5-14/h2-8,13,19,28,37H,9-12H2,1H3/t19-/m0/s1. The monoisotopic (exact) mass is 550 g/mol. The third-order valence-electron chi connectivity index (χ3n) is 5.44. The largest absolute Gasteiger partial charge is 0.416 e. The number of carbonyl (C=O) groups excluding carboxylic acids is 1. The van der Waals surface area contributed by atoms with Crippen LogP contribution in [0.5, 0.6) is 0 Å². The first-order valence-corrected chi connectivity index (χ1v) is 11.6. The zero-order valence-corrected chi connectivity index (χ0v) is 20.7. The molecule has 3 heterocycles. The van der Waals surface area contributed by atoms with E-state index >= 15 is 0 Å². The van der Waals surface area contributed by atoms with Gasteiger partial charge in [0.15, 0.2) is 23.5 Å². The summed E-state index contributed by atoms with van der Waals surface area (Å²) < 4.78 is 42.2. The number of hydrogen-bond donors (Lipinski definition) is 2. The molecule has 0 fully saturated rings. The molecule has 2 N–H and O–H groups in total. The highest BCUT2D eigenvalue weighted by Gasteiger charge is 2.39. The van der Waals surface area contributed by atoms with E-state index in [1.54, 1.807) is 25.4 Å². The molecular formula is C23H22ClF3N8O3. The van der Waals surface area contributed by atoms with Gasteiger partial charge in [-0.15, -0.1) is 10.2 Å². The maximum absolute atomic E-state index is 13.1. The van der Waals surface area contributed by atoms with Gasteiger partial charge in [-0.1, -0.05) is 11.6 Å². The Morgan fingerprint density at radius 2 is 1.89 bits per heavy atom. The van der Waals surface area contributed by atoms with E-state index in [-0.39, 0.29) is 36.9 Å². The van der Waals surface area contributed by atoms with Crippen LogP contribution in [0.2, 0.25) is 5.02 Å². The van der Waals surface area contributed by atoms with Crippen molar-refractivity contribution >= 4 is 17.4 Å². The van der Waals surface area contributed by atoms with Crippen LogP contribution in [-0.4, -0.2) is 70.9 Å². The molecule has 0 aliphatic carbocycles. The summed E-state index contributed by atoms with van der Waals surface area (Å²) >= 11 is 5.91. The van der Waals surface area contributed by atoms with Crippen molar-refractivity contribution in [3.63, 3.8) is 0 Å². The summed E-state index contributed by atoms with van der Waals surface area (Å²) in [6.45, 7) is -1.15. The van der Waals surface area contributed by atoms with Gasteiger partial charge in [0.05, 0.1) is 30.9 Å². The maximum atomic E-state index is 13.1. The number of likely N-dealkylation sites (N-methyl/N-ethyl adjacent to an activating group) is 1. The lowest BCUT2D eigenvalue weighted by Crippen LogP contribution is -2.37. The van der Waals surface area contributed by atoms with Crippen LogP contribution in [0.15, 0.2) is 53.7 Å². The van der Waals surface area contributed by atoms with Crippen molar-refractivity contribution in [2.75, 3.05) is 13.6 Å². The fraction of sp³-hybridized carbons (Fsp3) is 0.304. The third-order valence-corrected chi connectivity index (χ3v) is 5.69. The van der Waals surface area contributed by atoms with E-state index < -0.39 is 24.5 Å². The molecule has 0 unspecified atom stereocenters. The Balaban J connectivity index is 1.66. The number of rotatable bonds is 10. The van der Waals surface area contributed by atoms with Crippen LogP contribution in [0.3, 0.4) is 0 Å². The van der Waals surface area contributed by atoms with Crippen molar-refractivity contribution in [1.82, 2.24) is 39.4 Å². The third kappa shape index (κ3) is 6.15. The van der Waals surface area contributed by atoms with Crippen LogP contribution in [-0.2, 0) is 24.3 Å². The minimum absolute atomic E-state index is 0.0576. The van der Waals surface area contributed by atoms with Gasteiger partial charge in [-0.25, -0.2) is 19.1 Å². The number of aliphatic hydroxyl groups excluding tert-OH is 1. The first-order valence-electron chi connectivity index (χ1n) is 11.3. The Morgan fingerprint density at radius 3 is 2.58 bits per heavy atom. The number of Topliss-reactive ketones (excluding diaryl/α,β-unsaturated/α-hetero) is 1. The number of alkyl halides is 3. The normalized spacial score (nSPS) is 12.6. The lowest BCUT2D eigenvalue weighted by atomic mass is 10.1. The molecule has 1 atom stereocenters. The topological polar surface area (TPSA) is 133 Å². The Bertz CT molecular complexity index is 1480. The van der Waals surface area contributed by atoms with Crippen molar-refractivity contribution in [1.29, 1.82) is 0 Å². The van der Waals surface area contributed by atoms with Crippen molar-refractivity contribution in [3.8, 4) is 17.1 Å². The molecule has 0 amide bonds. The van der Waals surface area contributed by atoms with Crippen LogP contribution in [0.4, 0.5) is 13.2 Å². The van der Waals surface area contributed by atoms with Gasteiger partial charge < -0.3 is 10.4 Å². The van der Waals surface area contributed by atoms with E-state index in [2.05, 4.69) is 25.5 Å². The summed E-state index contributed by atoms with van der Waals surface area (Å²) in [7, 11) is 1.66. The quantitative estimate of drug-likeness (QED) is 0.304. The van der Waals surface area contributed by atoms with Gasteiger partial charge in [0.1, 0.15) is 12.9 Å². The van der Waals surface area contributed by atoms with Crippen molar-refractivity contribution in [2.45, 2.75) is 31.8 Å². The number of halogens is 4. The number of carbonyl (C=O) groups is 1. The lowest BCUT2D eigenvalue weighted by Gasteiger charge is -2.15. The second kappa shape index (κ2) is 11.2. The van der Waals surface area contributed by atoms with E-state index in [9.17, 15) is 27.9 Å². The van der Waals surface area contributed by atoms with Crippen LogP contribution < -0.4 is 11.0 Å². The van der Waals surface area contributed by atoms with Gasteiger partial charge in [-0.05, 0) is 43.4 Å². The van der Waals surface area contributed by atoms with Crippen molar-refractivity contribution < 1.29 is 23.1 Å². The second-order valence-corrected chi connectivity index (χ2v) is 8.70. The molecule has 38 heavy (non-hydrogen) atoms. The zero-order chi connectivity index (χ0) is 27.4. The first kappa shape index (κ1) is 27.2. The summed E-state index contributed by atoms with van der Waals surface area (Å²) in [6.07, 6.45) is -4.75. The van der Waals surface area contributed by atoms with Gasteiger partial charge in [0.25, 0.3) is 0 Å². The zero-order valence-electron chi connectivity index (χ0n) is 19.9. The van der Waals surface area contributed by atoms with Crippen LogP contribution >= 0.6 is 11.6 Å². The Labute approximate surface area is 218 Å². The molecule has 0 bridgehead atoms. The first-order chi connectivity index (χ1) is 18.1. The number of nitrogens with zero attached hydrogens (tertiary/aromatic N) is 7. The smallest absolute Gasteiger partial charge is 0.382 e. The summed E-state index contributed by atoms with van der Waals surface area (Å²) in [5, 5.41) is 21.3. The van der Waals surface area contributed by atoms with Gasteiger partial charge in [-0.3, -0.25) is 14.3 Å². The maximum Gasteiger partial charge on any atom is 0.416 e. The van der Waals surface area contributed by atoms with Gasteiger partial charge in [0.2, 0.25) is 0 Å². The predicted octanol–water partition coefficient (Wildman–Crippen LogP) is 1.64. The molecule has 0 radical (unpaired) electrons. The molecule has 0 saturated carbocycles. The second-order valence-electron chi connectivity index (χ2n) is 8.26. The molecule has 15 heteroatoms. The number of pyridine rings is 1. The lowest BCUT2D eigenvalue weighted by molar-refractivity contribution is -0.207. The fourth-order valence-corrected chi connectivity index (χ4v) is 3.76. The molecule has 0 aliphatic rings. The van der Waals surface area contributed by atoms with E-state index in [0.717, 1.165) is 9.25 Å². The average molecular weight is 551 g/mol. The van der Waals surface area contributed by atoms with Crippen LogP contribution in [0.1, 0.15) is 11.5 Å². The molecular weight excluding hydrogens is 529 g/mol. The molecule has 4 rings (SSSR count). The van der Waals surface area contributed by atoms with Gasteiger partial charge in [-0.2, -0.15) is 13.2 Å². The Kier molecular flexibility index (Phi) is 8.04. The van der Waals surface area contributed by atoms with Crippen LogP contribution in [0.25, 0.3) is 17.1 Å². The predicted molar refractivity (Wildman–Crippen MR) is 130 cm³/mol. The number of aromatic nitrogens is 7. The van der Waals surface area contributed by atoms with E-state index in [0.29, 0.717) is 22.0 Å². The van der Waals surface area contributed by atoms with Gasteiger partial charge in [0, 0.05) is 16.8 Å². The molecule has 1 aromatic carbocycles. The van der Waals surface area contributed by atoms with E-state index in [1.807, 2.05) is 0 Å². The summed E-state index contributed by atoms with van der Waals surface area (Å²) in [6, 6.07) is 9.36. The molecule has 0 saturated heterocycles. The Hall–Kier alpha value is -3.88. The van der Waals surface area contributed by atoms with Crippen molar-refractivity contribution in [3.05, 3.63) is 75.9 Å². The van der Waals surface area contributed by atoms with E-state index in [4.69, 9.17) is 11.6 Å². The van der Waals surface area contributed by atoms with E-state index in [1.165, 1.54) is 35.3 Å². The summed E-state index contributed by atoms with van der Waals surface area (Å²) in [4.78, 5) is 33.6. The molecule has 0 aliphatic heterocycles.